The molecule has 0 radical (unpaired) electrons. The molecule has 2 aromatic heterocycles. The standard InChI is InChI=1S/C15H9Cl2N3O.C13H9N3OS.Zn/c16-10-7-12(17)15(18-8-10)20-19-14-11-4-2-1-3-9(11)5-6-13(14)21;17-11-6-5-9-3-1-2-4-10(9)12(11)15-16-13-14-7-8-18-13;/h1-8,21H;1-8,17H;. The van der Waals surface area contributed by atoms with Gasteiger partial charge in [-0.25, -0.2) is 9.97 Å². The summed E-state index contributed by atoms with van der Waals surface area (Å²) in [6.45, 7) is 0. The largest absolute Gasteiger partial charge is 0.506 e. The smallest absolute Gasteiger partial charge is 0.229 e. The zero-order chi connectivity index (χ0) is 27.2. The summed E-state index contributed by atoms with van der Waals surface area (Å²) in [6, 6.07) is 23.7. The molecule has 6 aromatic rings. The number of nitrogens with zero attached hydrogens (tertiary/aromatic N) is 6. The number of phenols is 2. The van der Waals surface area contributed by atoms with Crippen LogP contribution in [0.1, 0.15) is 0 Å². The summed E-state index contributed by atoms with van der Waals surface area (Å²) < 4.78 is 0. The van der Waals surface area contributed by atoms with Gasteiger partial charge in [-0.1, -0.05) is 83.9 Å². The van der Waals surface area contributed by atoms with Gasteiger partial charge in [0.2, 0.25) is 5.13 Å². The summed E-state index contributed by atoms with van der Waals surface area (Å²) >= 11 is 13.2. The number of hydrogen-bond donors (Lipinski definition) is 2. The molecule has 4 aromatic carbocycles. The number of azo groups is 2. The monoisotopic (exact) mass is 636 g/mol. The van der Waals surface area contributed by atoms with Crippen LogP contribution in [0.15, 0.2) is 117 Å². The molecule has 0 unspecified atom stereocenters. The minimum absolute atomic E-state index is 0. The molecule has 0 bridgehead atoms. The van der Waals surface area contributed by atoms with Crippen molar-refractivity contribution in [1.29, 1.82) is 0 Å². The van der Waals surface area contributed by atoms with Gasteiger partial charge in [0.15, 0.2) is 5.82 Å². The molecule has 2 N–H and O–H groups in total. The van der Waals surface area contributed by atoms with Gasteiger partial charge < -0.3 is 10.2 Å². The van der Waals surface area contributed by atoms with Gasteiger partial charge in [0.1, 0.15) is 22.9 Å². The van der Waals surface area contributed by atoms with E-state index in [1.54, 1.807) is 18.3 Å². The van der Waals surface area contributed by atoms with Crippen molar-refractivity contribution in [3.05, 3.63) is 107 Å². The Balaban J connectivity index is 0.000000182. The number of rotatable bonds is 4. The Kier molecular flexibility index (Phi) is 9.85. The first-order valence-corrected chi connectivity index (χ1v) is 13.1. The van der Waals surface area contributed by atoms with Crippen molar-refractivity contribution in [2.75, 3.05) is 0 Å². The molecule has 2 heterocycles. The maximum atomic E-state index is 9.97. The fourth-order valence-electron chi connectivity index (χ4n) is 3.63. The summed E-state index contributed by atoms with van der Waals surface area (Å²) in [5, 5.41) is 42.8. The van der Waals surface area contributed by atoms with E-state index in [0.717, 1.165) is 21.5 Å². The Morgan fingerprint density at radius 3 is 1.80 bits per heavy atom. The van der Waals surface area contributed by atoms with E-state index in [0.29, 0.717) is 26.6 Å². The molecule has 0 aliphatic rings. The Morgan fingerprint density at radius 2 is 1.25 bits per heavy atom. The summed E-state index contributed by atoms with van der Waals surface area (Å²) in [5.41, 5.74) is 0.851. The van der Waals surface area contributed by atoms with Crippen LogP contribution in [0.25, 0.3) is 21.5 Å². The van der Waals surface area contributed by atoms with Crippen molar-refractivity contribution in [2.24, 2.45) is 20.5 Å². The number of phenolic OH excluding ortho intramolecular Hbond substituents is 2. The Morgan fingerprint density at radius 1 is 0.675 bits per heavy atom. The normalized spacial score (nSPS) is 11.1. The first-order valence-electron chi connectivity index (χ1n) is 11.4. The maximum absolute atomic E-state index is 9.97. The van der Waals surface area contributed by atoms with E-state index in [1.165, 1.54) is 23.6 Å². The summed E-state index contributed by atoms with van der Waals surface area (Å²) in [4.78, 5) is 8.01. The molecule has 0 aliphatic carbocycles. The summed E-state index contributed by atoms with van der Waals surface area (Å²) in [6.07, 6.45) is 3.10. The number of thiazole rings is 1. The van der Waals surface area contributed by atoms with Crippen molar-refractivity contribution < 1.29 is 29.7 Å². The topological polar surface area (TPSA) is 116 Å². The van der Waals surface area contributed by atoms with E-state index in [4.69, 9.17) is 23.2 Å². The molecule has 0 spiro atoms. The van der Waals surface area contributed by atoms with Gasteiger partial charge in [0, 0.05) is 48.0 Å². The minimum Gasteiger partial charge on any atom is -0.506 e. The molecule has 40 heavy (non-hydrogen) atoms. The SMILES string of the molecule is Oc1ccc2ccccc2c1N=Nc1ncc(Cl)cc1Cl.Oc1ccc2ccccc2c1N=Nc1nccs1.[Zn]. The number of pyridine rings is 1. The second kappa shape index (κ2) is 13.5. The van der Waals surface area contributed by atoms with Crippen LogP contribution in [-0.2, 0) is 19.5 Å². The third-order valence-electron chi connectivity index (χ3n) is 5.45. The average Bonchev–Trinajstić information content (AvgIpc) is 3.47. The molecule has 6 rings (SSSR count). The molecular weight excluding hydrogens is 621 g/mol. The maximum Gasteiger partial charge on any atom is 0.229 e. The van der Waals surface area contributed by atoms with Crippen LogP contribution in [0.5, 0.6) is 11.5 Å². The summed E-state index contributed by atoms with van der Waals surface area (Å²) in [7, 11) is 0. The number of aromatic hydroxyl groups is 2. The van der Waals surface area contributed by atoms with E-state index >= 15 is 0 Å². The van der Waals surface area contributed by atoms with E-state index in [2.05, 4.69) is 30.4 Å². The van der Waals surface area contributed by atoms with Crippen molar-refractivity contribution in [2.45, 2.75) is 0 Å². The van der Waals surface area contributed by atoms with E-state index in [1.807, 2.05) is 66.0 Å². The van der Waals surface area contributed by atoms with E-state index in [9.17, 15) is 10.2 Å². The average molecular weight is 639 g/mol. The van der Waals surface area contributed by atoms with Crippen LogP contribution >= 0.6 is 34.5 Å². The molecule has 0 saturated heterocycles. The van der Waals surface area contributed by atoms with Crippen molar-refractivity contribution in [3.8, 4) is 11.5 Å². The molecule has 0 atom stereocenters. The second-order valence-electron chi connectivity index (χ2n) is 7.98. The van der Waals surface area contributed by atoms with Gasteiger partial charge in [-0.2, -0.15) is 0 Å². The first-order chi connectivity index (χ1) is 19.0. The fourth-order valence-corrected chi connectivity index (χ4v) is 4.50. The van der Waals surface area contributed by atoms with Gasteiger partial charge >= 0.3 is 0 Å². The molecule has 8 nitrogen and oxygen atoms in total. The van der Waals surface area contributed by atoms with Crippen LogP contribution in [0.2, 0.25) is 10.0 Å². The van der Waals surface area contributed by atoms with Crippen LogP contribution < -0.4 is 0 Å². The van der Waals surface area contributed by atoms with E-state index < -0.39 is 0 Å². The van der Waals surface area contributed by atoms with Crippen molar-refractivity contribution in [3.63, 3.8) is 0 Å². The number of halogens is 2. The third-order valence-corrected chi connectivity index (χ3v) is 6.59. The van der Waals surface area contributed by atoms with E-state index in [-0.39, 0.29) is 36.8 Å². The fraction of sp³-hybridized carbons (Fsp3) is 0. The van der Waals surface area contributed by atoms with Gasteiger partial charge in [-0.3, -0.25) is 0 Å². The Labute approximate surface area is 255 Å². The molecule has 0 amide bonds. The number of hydrogen-bond acceptors (Lipinski definition) is 9. The van der Waals surface area contributed by atoms with Crippen molar-refractivity contribution in [1.82, 2.24) is 9.97 Å². The number of fused-ring (bicyclic) bond motifs is 2. The predicted molar refractivity (Wildman–Crippen MR) is 156 cm³/mol. The van der Waals surface area contributed by atoms with Gasteiger partial charge in [-0.05, 0) is 29.0 Å². The molecule has 12 heteroatoms. The van der Waals surface area contributed by atoms with Gasteiger partial charge in [0.05, 0.1) is 10.0 Å². The number of benzene rings is 4. The predicted octanol–water partition coefficient (Wildman–Crippen LogP) is 10.1. The number of aromatic nitrogens is 2. The zero-order valence-electron chi connectivity index (χ0n) is 20.7. The minimum atomic E-state index is 0. The zero-order valence-corrected chi connectivity index (χ0v) is 26.0. The van der Waals surface area contributed by atoms with Crippen LogP contribution in [0, 0.1) is 0 Å². The van der Waals surface area contributed by atoms with Crippen molar-refractivity contribution >= 4 is 78.4 Å². The molecule has 0 fully saturated rings. The Bertz CT molecular complexity index is 1830. The van der Waals surface area contributed by atoms with Gasteiger partial charge in [-0.15, -0.1) is 31.8 Å². The molecular formula is C28H18Cl2N6O2SZn. The van der Waals surface area contributed by atoms with Crippen LogP contribution in [0.3, 0.4) is 0 Å². The molecule has 0 saturated carbocycles. The molecule has 0 aliphatic heterocycles. The second-order valence-corrected chi connectivity index (χ2v) is 9.70. The third kappa shape index (κ3) is 6.84. The van der Waals surface area contributed by atoms with Gasteiger partial charge in [0.25, 0.3) is 0 Å². The summed E-state index contributed by atoms with van der Waals surface area (Å²) in [5.74, 6) is 0.407. The van der Waals surface area contributed by atoms with Crippen LogP contribution in [-0.4, -0.2) is 20.2 Å². The molecule has 194 valence electrons. The quantitative estimate of drug-likeness (QED) is 0.148. The Hall–Kier alpha value is -3.82. The van der Waals surface area contributed by atoms with Crippen LogP contribution in [0.4, 0.5) is 22.3 Å². The first kappa shape index (κ1) is 29.2.